The molecule has 0 aliphatic carbocycles. The Morgan fingerprint density at radius 2 is 0.964 bits per heavy atom. The minimum absolute atomic E-state index is 0.115. The molecule has 0 aromatic rings. The summed E-state index contributed by atoms with van der Waals surface area (Å²) in [6, 6.07) is 0. The number of unbranched alkanes of at least 4 members (excludes halogenated alkanes) is 13. The van der Waals surface area contributed by atoms with Gasteiger partial charge in [0.25, 0.3) is 0 Å². The highest BCUT2D eigenvalue weighted by Crippen LogP contribution is 2.42. The fourth-order valence-electron chi connectivity index (χ4n) is 5.38. The molecule has 0 saturated carbocycles. The third-order valence-corrected chi connectivity index (χ3v) is 9.57. The zero-order valence-electron chi connectivity index (χ0n) is 34.8. The molecule has 0 spiro atoms. The van der Waals surface area contributed by atoms with E-state index in [2.05, 4.69) is 91.3 Å². The number of ether oxygens (including phenoxy) is 2. The van der Waals surface area contributed by atoms with Crippen molar-refractivity contribution in [2.24, 2.45) is 0 Å². The van der Waals surface area contributed by atoms with Gasteiger partial charge in [-0.05, 0) is 77.0 Å². The molecule has 0 aliphatic rings. The van der Waals surface area contributed by atoms with Gasteiger partial charge in [0.05, 0.1) is 6.61 Å². The molecule has 0 aliphatic heterocycles. The van der Waals surface area contributed by atoms with Gasteiger partial charge in [-0.15, -0.1) is 0 Å². The van der Waals surface area contributed by atoms with Gasteiger partial charge in [-0.2, -0.15) is 0 Å². The maximum Gasteiger partial charge on any atom is 0.472 e. The molecule has 1 N–H and O–H groups in total. The van der Waals surface area contributed by atoms with Crippen molar-refractivity contribution in [2.75, 3.05) is 20.3 Å². The van der Waals surface area contributed by atoms with Gasteiger partial charge in [-0.25, -0.2) is 4.57 Å². The Hall–Kier alpha value is -2.77. The molecular formula is C46H77O8P. The van der Waals surface area contributed by atoms with Gasteiger partial charge >= 0.3 is 19.8 Å². The molecule has 2 unspecified atom stereocenters. The SMILES string of the molecule is CC/C=C\C/C=C\C/C=C\C/C=C\C/C=C\C/C=C\CCC(=O)OC(COC(=O)CCCCCCCCC/C=C\CCCCCCCC)COP(=O)(O)OC. The van der Waals surface area contributed by atoms with E-state index in [1.54, 1.807) is 0 Å². The molecule has 0 amide bonds. The van der Waals surface area contributed by atoms with Crippen molar-refractivity contribution in [2.45, 2.75) is 174 Å². The van der Waals surface area contributed by atoms with Crippen molar-refractivity contribution in [1.29, 1.82) is 0 Å². The Kier molecular flexibility index (Phi) is 38.8. The molecule has 2 atom stereocenters. The van der Waals surface area contributed by atoms with Gasteiger partial charge in [-0.3, -0.25) is 18.6 Å². The van der Waals surface area contributed by atoms with Crippen LogP contribution in [0.4, 0.5) is 0 Å². The third kappa shape index (κ3) is 40.7. The quantitative estimate of drug-likeness (QED) is 0.0285. The minimum atomic E-state index is -4.29. The monoisotopic (exact) mass is 789 g/mol. The summed E-state index contributed by atoms with van der Waals surface area (Å²) in [7, 11) is -3.24. The van der Waals surface area contributed by atoms with Gasteiger partial charge in [-0.1, -0.05) is 163 Å². The van der Waals surface area contributed by atoms with Crippen LogP contribution in [0.5, 0.6) is 0 Å². The van der Waals surface area contributed by atoms with Crippen LogP contribution in [0.25, 0.3) is 0 Å². The summed E-state index contributed by atoms with van der Waals surface area (Å²) in [5.41, 5.74) is 0. The highest BCUT2D eigenvalue weighted by Gasteiger charge is 2.24. The Balaban J connectivity index is 4.16. The Labute approximate surface area is 335 Å². The lowest BCUT2D eigenvalue weighted by Crippen LogP contribution is -2.29. The molecule has 314 valence electrons. The fourth-order valence-corrected chi connectivity index (χ4v) is 5.84. The number of allylic oxidation sites excluding steroid dienone is 14. The van der Waals surface area contributed by atoms with Crippen LogP contribution in [-0.2, 0) is 32.7 Å². The van der Waals surface area contributed by atoms with E-state index >= 15 is 0 Å². The maximum absolute atomic E-state index is 12.5. The predicted molar refractivity (Wildman–Crippen MR) is 230 cm³/mol. The molecule has 0 rings (SSSR count). The molecule has 0 bridgehead atoms. The van der Waals surface area contributed by atoms with E-state index in [1.807, 2.05) is 12.2 Å². The second-order valence-electron chi connectivity index (χ2n) is 13.7. The molecule has 0 radical (unpaired) electrons. The zero-order valence-corrected chi connectivity index (χ0v) is 35.7. The molecule has 0 saturated heterocycles. The standard InChI is InChI=1S/C46H77O8P/c1-4-6-8-10-12-14-16-18-20-22-23-25-27-29-31-33-35-37-39-41-46(48)54-44(43-53-55(49,50)51-3)42-52-45(47)40-38-36-34-32-30-28-26-24-21-19-17-15-13-11-9-7-5-2/h6,8,12,14,18-21,23,25,29,31,35,37,44H,4-5,7,9-11,13,15-17,22,24,26-28,30,32-34,36,38-43H2,1-3H3,(H,49,50)/b8-6-,14-12-,20-18-,21-19-,25-23-,31-29-,37-35-. The summed E-state index contributed by atoms with van der Waals surface area (Å²) in [6.45, 7) is 3.70. The van der Waals surface area contributed by atoms with Crippen LogP contribution in [0.1, 0.15) is 168 Å². The van der Waals surface area contributed by atoms with Crippen molar-refractivity contribution in [3.8, 4) is 0 Å². The number of phosphoric acid groups is 1. The Morgan fingerprint density at radius 1 is 0.527 bits per heavy atom. The first-order valence-corrected chi connectivity index (χ1v) is 22.8. The van der Waals surface area contributed by atoms with E-state index in [1.165, 1.54) is 64.2 Å². The fraction of sp³-hybridized carbons (Fsp3) is 0.652. The first kappa shape index (κ1) is 52.2. The number of carbonyl (C=O) groups is 2. The van der Waals surface area contributed by atoms with Crippen LogP contribution in [0.15, 0.2) is 85.1 Å². The third-order valence-electron chi connectivity index (χ3n) is 8.64. The second-order valence-corrected chi connectivity index (χ2v) is 15.3. The summed E-state index contributed by atoms with van der Waals surface area (Å²) in [6.07, 6.45) is 53.6. The van der Waals surface area contributed by atoms with E-state index in [0.717, 1.165) is 77.7 Å². The molecule has 8 nitrogen and oxygen atoms in total. The highest BCUT2D eigenvalue weighted by molar-refractivity contribution is 7.47. The molecule has 55 heavy (non-hydrogen) atoms. The van der Waals surface area contributed by atoms with Crippen LogP contribution in [0, 0.1) is 0 Å². The van der Waals surface area contributed by atoms with Crippen molar-refractivity contribution in [1.82, 2.24) is 0 Å². The Morgan fingerprint density at radius 3 is 1.45 bits per heavy atom. The average Bonchev–Trinajstić information content (AvgIpc) is 3.18. The zero-order chi connectivity index (χ0) is 40.3. The van der Waals surface area contributed by atoms with E-state index < -0.39 is 32.5 Å². The summed E-state index contributed by atoms with van der Waals surface area (Å²) < 4.78 is 31.9. The van der Waals surface area contributed by atoms with Crippen LogP contribution in [0.3, 0.4) is 0 Å². The van der Waals surface area contributed by atoms with Crippen LogP contribution >= 0.6 is 7.82 Å². The topological polar surface area (TPSA) is 108 Å². The van der Waals surface area contributed by atoms with E-state index in [4.69, 9.17) is 14.0 Å². The lowest BCUT2D eigenvalue weighted by atomic mass is 10.1. The lowest BCUT2D eigenvalue weighted by molar-refractivity contribution is -0.161. The van der Waals surface area contributed by atoms with Gasteiger partial charge in [0.15, 0.2) is 6.10 Å². The summed E-state index contributed by atoms with van der Waals surface area (Å²) >= 11 is 0. The highest BCUT2D eigenvalue weighted by atomic mass is 31.2. The van der Waals surface area contributed by atoms with E-state index in [9.17, 15) is 19.0 Å². The molecule has 0 fully saturated rings. The van der Waals surface area contributed by atoms with E-state index in [-0.39, 0.29) is 19.4 Å². The number of hydrogen-bond acceptors (Lipinski definition) is 7. The first-order valence-electron chi connectivity index (χ1n) is 21.3. The van der Waals surface area contributed by atoms with Gasteiger partial charge < -0.3 is 14.4 Å². The van der Waals surface area contributed by atoms with Crippen molar-refractivity contribution in [3.63, 3.8) is 0 Å². The smallest absolute Gasteiger partial charge is 0.462 e. The lowest BCUT2D eigenvalue weighted by Gasteiger charge is -2.19. The number of carbonyl (C=O) groups excluding carboxylic acids is 2. The summed E-state index contributed by atoms with van der Waals surface area (Å²) in [5.74, 6) is -0.913. The summed E-state index contributed by atoms with van der Waals surface area (Å²) in [5, 5.41) is 0. The number of hydrogen-bond donors (Lipinski definition) is 1. The first-order chi connectivity index (χ1) is 26.8. The maximum atomic E-state index is 12.5. The van der Waals surface area contributed by atoms with Crippen LogP contribution in [0.2, 0.25) is 0 Å². The van der Waals surface area contributed by atoms with Gasteiger partial charge in [0.1, 0.15) is 6.61 Å². The van der Waals surface area contributed by atoms with Gasteiger partial charge in [0, 0.05) is 20.0 Å². The predicted octanol–water partition coefficient (Wildman–Crippen LogP) is 13.5. The van der Waals surface area contributed by atoms with Crippen LogP contribution in [-0.4, -0.2) is 43.3 Å². The molecule has 0 heterocycles. The largest absolute Gasteiger partial charge is 0.472 e. The van der Waals surface area contributed by atoms with E-state index in [0.29, 0.717) is 6.42 Å². The Bertz CT molecular complexity index is 1170. The number of phosphoric ester groups is 1. The number of rotatable bonds is 38. The second kappa shape index (κ2) is 40.9. The number of esters is 2. The van der Waals surface area contributed by atoms with Crippen LogP contribution < -0.4 is 0 Å². The molecule has 9 heteroatoms. The van der Waals surface area contributed by atoms with Crippen molar-refractivity contribution < 1.29 is 37.6 Å². The molecule has 0 aromatic carbocycles. The van der Waals surface area contributed by atoms with Crippen molar-refractivity contribution >= 4 is 19.8 Å². The van der Waals surface area contributed by atoms with Gasteiger partial charge in [0.2, 0.25) is 0 Å². The minimum Gasteiger partial charge on any atom is -0.462 e. The normalized spacial score (nSPS) is 14.2. The summed E-state index contributed by atoms with van der Waals surface area (Å²) in [4.78, 5) is 34.4. The van der Waals surface area contributed by atoms with Crippen molar-refractivity contribution in [3.05, 3.63) is 85.1 Å². The molecule has 0 aromatic heterocycles. The molecular weight excluding hydrogens is 711 g/mol. The average molecular weight is 789 g/mol.